The van der Waals surface area contributed by atoms with Gasteiger partial charge in [0.25, 0.3) is 0 Å². The number of likely N-dealkylation sites (tertiary alicyclic amines) is 1. The number of benzene rings is 1. The van der Waals surface area contributed by atoms with Crippen LogP contribution in [0.4, 0.5) is 4.39 Å². The van der Waals surface area contributed by atoms with Crippen molar-refractivity contribution in [1.29, 1.82) is 0 Å². The van der Waals surface area contributed by atoms with Gasteiger partial charge in [0, 0.05) is 31.7 Å². The Balaban J connectivity index is 1.67. The van der Waals surface area contributed by atoms with Crippen LogP contribution >= 0.6 is 0 Å². The number of halogens is 1. The second-order valence-electron chi connectivity index (χ2n) is 9.55. The summed E-state index contributed by atoms with van der Waals surface area (Å²) in [6.45, 7) is 13.9. The van der Waals surface area contributed by atoms with Gasteiger partial charge in [0.2, 0.25) is 5.91 Å². The minimum atomic E-state index is -0.243. The first kappa shape index (κ1) is 23.2. The van der Waals surface area contributed by atoms with Crippen molar-refractivity contribution in [3.63, 3.8) is 0 Å². The molecular formula is C24H38FN3O2. The average molecular weight is 420 g/mol. The Kier molecular flexibility index (Phi) is 8.26. The van der Waals surface area contributed by atoms with Crippen LogP contribution in [0.5, 0.6) is 0 Å². The first-order chi connectivity index (χ1) is 14.3. The summed E-state index contributed by atoms with van der Waals surface area (Å²) in [6.07, 6.45) is 2.11. The van der Waals surface area contributed by atoms with Gasteiger partial charge < -0.3 is 14.5 Å². The van der Waals surface area contributed by atoms with Crippen molar-refractivity contribution in [2.45, 2.75) is 65.3 Å². The Hall–Kier alpha value is -1.50. The molecule has 0 bridgehead atoms. The van der Waals surface area contributed by atoms with Crippen LogP contribution in [0.2, 0.25) is 0 Å². The fraction of sp³-hybridized carbons (Fsp3) is 0.708. The number of carbonyl (C=O) groups excluding carboxylic acids is 1. The van der Waals surface area contributed by atoms with Crippen molar-refractivity contribution in [2.24, 2.45) is 5.92 Å². The topological polar surface area (TPSA) is 36.0 Å². The van der Waals surface area contributed by atoms with Crippen molar-refractivity contribution in [2.75, 3.05) is 39.3 Å². The first-order valence-electron chi connectivity index (χ1n) is 11.4. The summed E-state index contributed by atoms with van der Waals surface area (Å²) in [5, 5.41) is 0. The minimum absolute atomic E-state index is 0.0680. The molecule has 0 N–H and O–H groups in total. The Morgan fingerprint density at radius 1 is 1.13 bits per heavy atom. The highest BCUT2D eigenvalue weighted by Gasteiger charge is 2.34. The van der Waals surface area contributed by atoms with Crippen molar-refractivity contribution in [1.82, 2.24) is 14.7 Å². The van der Waals surface area contributed by atoms with Gasteiger partial charge in [0.05, 0.1) is 19.3 Å². The van der Waals surface area contributed by atoms with E-state index in [2.05, 4.69) is 37.5 Å². The average Bonchev–Trinajstić information content (AvgIpc) is 2.85. The number of ether oxygens (including phenoxy) is 1. The number of rotatable bonds is 7. The van der Waals surface area contributed by atoms with Gasteiger partial charge in [-0.05, 0) is 63.4 Å². The zero-order valence-electron chi connectivity index (χ0n) is 19.0. The van der Waals surface area contributed by atoms with E-state index in [1.54, 1.807) is 6.07 Å². The summed E-state index contributed by atoms with van der Waals surface area (Å²) in [6, 6.07) is 7.56. The minimum Gasteiger partial charge on any atom is -0.370 e. The molecule has 2 aliphatic heterocycles. The second-order valence-corrected chi connectivity index (χ2v) is 9.55. The first-order valence-corrected chi connectivity index (χ1v) is 11.4. The van der Waals surface area contributed by atoms with Crippen LogP contribution < -0.4 is 0 Å². The largest absolute Gasteiger partial charge is 0.370 e. The predicted octanol–water partition coefficient (Wildman–Crippen LogP) is 3.38. The zero-order chi connectivity index (χ0) is 21.7. The maximum Gasteiger partial charge on any atom is 0.236 e. The number of piperidine rings is 1. The van der Waals surface area contributed by atoms with Crippen LogP contribution in [-0.4, -0.2) is 78.1 Å². The summed E-state index contributed by atoms with van der Waals surface area (Å²) in [5.74, 6) is 0.373. The molecule has 0 unspecified atom stereocenters. The van der Waals surface area contributed by atoms with Gasteiger partial charge in [-0.2, -0.15) is 0 Å². The zero-order valence-corrected chi connectivity index (χ0v) is 19.0. The Morgan fingerprint density at radius 2 is 1.87 bits per heavy atom. The molecule has 1 aromatic carbocycles. The fourth-order valence-corrected chi connectivity index (χ4v) is 4.61. The summed E-state index contributed by atoms with van der Waals surface area (Å²) < 4.78 is 19.8. The molecule has 6 heteroatoms. The molecule has 2 aliphatic rings. The molecule has 2 saturated heterocycles. The van der Waals surface area contributed by atoms with E-state index in [0.717, 1.165) is 44.6 Å². The Bertz CT molecular complexity index is 689. The normalized spacial score (nSPS) is 22.8. The summed E-state index contributed by atoms with van der Waals surface area (Å²) in [4.78, 5) is 19.8. The van der Waals surface area contributed by atoms with Crippen LogP contribution in [0.3, 0.4) is 0 Å². The number of carbonyl (C=O) groups is 1. The third-order valence-electron chi connectivity index (χ3n) is 6.26. The van der Waals surface area contributed by atoms with E-state index < -0.39 is 0 Å². The molecule has 2 fully saturated rings. The molecule has 168 valence electrons. The van der Waals surface area contributed by atoms with E-state index in [-0.39, 0.29) is 17.8 Å². The molecule has 3 rings (SSSR count). The molecule has 0 spiro atoms. The smallest absolute Gasteiger partial charge is 0.236 e. The lowest BCUT2D eigenvalue weighted by Crippen LogP contribution is -2.49. The van der Waals surface area contributed by atoms with Crippen LogP contribution in [-0.2, 0) is 16.1 Å². The van der Waals surface area contributed by atoms with Gasteiger partial charge in [-0.15, -0.1) is 0 Å². The lowest BCUT2D eigenvalue weighted by Gasteiger charge is -2.39. The standard InChI is InChI=1S/C24H38FN3O2/c1-18(2)13-28-15-23(30-17-20-6-5-7-21(25)12-20)14-27(16-24(28)29)22-8-10-26(11-9-22)19(3)4/h5-7,12,18-19,22-23H,8-11,13-17H2,1-4H3/t23-/m1/s1. The highest BCUT2D eigenvalue weighted by atomic mass is 19.1. The van der Waals surface area contributed by atoms with Gasteiger partial charge >= 0.3 is 0 Å². The van der Waals surface area contributed by atoms with Crippen molar-refractivity contribution in [3.8, 4) is 0 Å². The molecule has 1 atom stereocenters. The molecule has 1 amide bonds. The van der Waals surface area contributed by atoms with E-state index in [0.29, 0.717) is 37.7 Å². The molecular weight excluding hydrogens is 381 g/mol. The maximum atomic E-state index is 13.5. The SMILES string of the molecule is CC(C)CN1C[C@H](OCc2cccc(F)c2)CN(C2CCN(C(C)C)CC2)CC1=O. The quantitative estimate of drug-likeness (QED) is 0.679. The lowest BCUT2D eigenvalue weighted by atomic mass is 10.0. The third kappa shape index (κ3) is 6.50. The van der Waals surface area contributed by atoms with E-state index >= 15 is 0 Å². The van der Waals surface area contributed by atoms with E-state index in [9.17, 15) is 9.18 Å². The van der Waals surface area contributed by atoms with E-state index in [1.807, 2.05) is 11.0 Å². The third-order valence-corrected chi connectivity index (χ3v) is 6.26. The van der Waals surface area contributed by atoms with Crippen molar-refractivity contribution in [3.05, 3.63) is 35.6 Å². The number of nitrogens with zero attached hydrogens (tertiary/aromatic N) is 3. The summed E-state index contributed by atoms with van der Waals surface area (Å²) in [5.41, 5.74) is 0.831. The molecule has 0 aliphatic carbocycles. The predicted molar refractivity (Wildman–Crippen MR) is 118 cm³/mol. The van der Waals surface area contributed by atoms with Gasteiger partial charge in [-0.3, -0.25) is 9.69 Å². The molecule has 2 heterocycles. The Labute approximate surface area is 181 Å². The van der Waals surface area contributed by atoms with Gasteiger partial charge in [0.1, 0.15) is 5.82 Å². The molecule has 0 radical (unpaired) electrons. The Morgan fingerprint density at radius 3 is 2.50 bits per heavy atom. The van der Waals surface area contributed by atoms with Crippen LogP contribution in [0.25, 0.3) is 0 Å². The van der Waals surface area contributed by atoms with Crippen LogP contribution in [0.15, 0.2) is 24.3 Å². The van der Waals surface area contributed by atoms with Crippen molar-refractivity contribution >= 4 is 5.91 Å². The molecule has 1 aromatic rings. The monoisotopic (exact) mass is 419 g/mol. The number of hydrogen-bond donors (Lipinski definition) is 0. The molecule has 5 nitrogen and oxygen atoms in total. The second kappa shape index (κ2) is 10.7. The molecule has 30 heavy (non-hydrogen) atoms. The summed E-state index contributed by atoms with van der Waals surface area (Å²) >= 11 is 0. The van der Waals surface area contributed by atoms with Crippen molar-refractivity contribution < 1.29 is 13.9 Å². The summed E-state index contributed by atoms with van der Waals surface area (Å²) in [7, 11) is 0. The highest BCUT2D eigenvalue weighted by Crippen LogP contribution is 2.22. The van der Waals surface area contributed by atoms with E-state index in [4.69, 9.17) is 4.74 Å². The highest BCUT2D eigenvalue weighted by molar-refractivity contribution is 5.78. The van der Waals surface area contributed by atoms with Crippen LogP contribution in [0, 0.1) is 11.7 Å². The molecule has 0 saturated carbocycles. The van der Waals surface area contributed by atoms with Gasteiger partial charge in [-0.1, -0.05) is 26.0 Å². The lowest BCUT2D eigenvalue weighted by molar-refractivity contribution is -0.132. The van der Waals surface area contributed by atoms with E-state index in [1.165, 1.54) is 12.1 Å². The van der Waals surface area contributed by atoms with Gasteiger partial charge in [-0.25, -0.2) is 4.39 Å². The number of amides is 1. The van der Waals surface area contributed by atoms with Crippen LogP contribution in [0.1, 0.15) is 46.1 Å². The maximum absolute atomic E-state index is 13.5. The molecule has 0 aromatic heterocycles. The fourth-order valence-electron chi connectivity index (χ4n) is 4.61. The number of hydrogen-bond acceptors (Lipinski definition) is 4. The van der Waals surface area contributed by atoms with Gasteiger partial charge in [0.15, 0.2) is 0 Å².